The smallest absolute Gasteiger partial charge is 0.326 e. The van der Waals surface area contributed by atoms with E-state index in [2.05, 4.69) is 5.32 Å². The topological polar surface area (TPSA) is 119 Å². The van der Waals surface area contributed by atoms with Crippen LogP contribution in [-0.4, -0.2) is 35.1 Å². The van der Waals surface area contributed by atoms with Crippen LogP contribution in [-0.2, 0) is 4.79 Å². The van der Waals surface area contributed by atoms with Gasteiger partial charge in [0.15, 0.2) is 0 Å². The summed E-state index contributed by atoms with van der Waals surface area (Å²) in [6.45, 7) is 3.29. The molecular weight excluding hydrogens is 280 g/mol. The molecule has 0 saturated carbocycles. The van der Waals surface area contributed by atoms with Crippen molar-refractivity contribution in [2.75, 3.05) is 7.11 Å². The Morgan fingerprint density at radius 2 is 2.00 bits per heavy atom. The van der Waals surface area contributed by atoms with Crippen LogP contribution in [0, 0.1) is 16.0 Å². The van der Waals surface area contributed by atoms with E-state index in [-0.39, 0.29) is 22.9 Å². The number of non-ortho nitro benzene ring substituents is 1. The third kappa shape index (κ3) is 3.91. The maximum atomic E-state index is 12.1. The van der Waals surface area contributed by atoms with Gasteiger partial charge in [0.25, 0.3) is 11.6 Å². The van der Waals surface area contributed by atoms with E-state index in [1.54, 1.807) is 13.8 Å². The van der Waals surface area contributed by atoms with Gasteiger partial charge in [0, 0.05) is 12.1 Å². The molecule has 1 amide bonds. The Balaban J connectivity index is 3.13. The molecule has 0 unspecified atom stereocenters. The van der Waals surface area contributed by atoms with Crippen molar-refractivity contribution < 1.29 is 24.4 Å². The second-order valence-electron chi connectivity index (χ2n) is 4.68. The second-order valence-corrected chi connectivity index (χ2v) is 4.68. The predicted molar refractivity (Wildman–Crippen MR) is 73.4 cm³/mol. The Morgan fingerprint density at radius 3 is 2.43 bits per heavy atom. The number of ether oxygens (including phenoxy) is 1. The molecule has 1 aromatic carbocycles. The molecule has 2 N–H and O–H groups in total. The summed E-state index contributed by atoms with van der Waals surface area (Å²) < 4.78 is 4.97. The molecule has 0 aromatic heterocycles. The highest BCUT2D eigenvalue weighted by Gasteiger charge is 2.26. The molecule has 8 nitrogen and oxygen atoms in total. The van der Waals surface area contributed by atoms with Gasteiger partial charge in [-0.25, -0.2) is 4.79 Å². The molecule has 0 spiro atoms. The lowest BCUT2D eigenvalue weighted by atomic mass is 10.0. The number of amides is 1. The van der Waals surface area contributed by atoms with Crippen LogP contribution in [0.2, 0.25) is 0 Å². The highest BCUT2D eigenvalue weighted by molar-refractivity contribution is 5.99. The lowest BCUT2D eigenvalue weighted by molar-refractivity contribution is -0.384. The van der Waals surface area contributed by atoms with Crippen molar-refractivity contribution in [3.05, 3.63) is 33.9 Å². The van der Waals surface area contributed by atoms with Gasteiger partial charge in [-0.1, -0.05) is 13.8 Å². The number of nitrogens with zero attached hydrogens (tertiary/aromatic N) is 1. The zero-order chi connectivity index (χ0) is 16.2. The van der Waals surface area contributed by atoms with Crippen LogP contribution in [0.1, 0.15) is 24.2 Å². The molecule has 0 radical (unpaired) electrons. The fraction of sp³-hybridized carbons (Fsp3) is 0.385. The number of carbonyl (C=O) groups is 2. The number of carboxylic acid groups (broad SMARTS) is 1. The number of carboxylic acids is 1. The molecular formula is C13H16N2O6. The summed E-state index contributed by atoms with van der Waals surface area (Å²) in [7, 11) is 1.31. The Bertz CT molecular complexity index is 570. The third-order valence-corrected chi connectivity index (χ3v) is 2.86. The minimum atomic E-state index is -1.18. The molecule has 0 aliphatic rings. The number of hydrogen-bond donors (Lipinski definition) is 2. The molecule has 0 aliphatic heterocycles. The van der Waals surface area contributed by atoms with Crippen LogP contribution >= 0.6 is 0 Å². The minimum Gasteiger partial charge on any atom is -0.496 e. The summed E-state index contributed by atoms with van der Waals surface area (Å²) in [6.07, 6.45) is 0. The summed E-state index contributed by atoms with van der Waals surface area (Å²) in [5.74, 6) is -2.12. The lowest BCUT2D eigenvalue weighted by Gasteiger charge is -2.18. The predicted octanol–water partition coefficient (Wildman–Crippen LogP) is 1.44. The van der Waals surface area contributed by atoms with Gasteiger partial charge in [-0.3, -0.25) is 14.9 Å². The molecule has 0 bridgehead atoms. The standard InChI is InChI=1S/C13H16N2O6/c1-7(2)11(13(17)18)14-12(16)9-6-8(15(19)20)4-5-10(9)21-3/h4-7,11H,1-3H3,(H,14,16)(H,17,18)/t11-/m1/s1. The van der Waals surface area contributed by atoms with Crippen LogP contribution in [0.3, 0.4) is 0 Å². The zero-order valence-electron chi connectivity index (χ0n) is 11.8. The fourth-order valence-corrected chi connectivity index (χ4v) is 1.72. The first kappa shape index (κ1) is 16.4. The molecule has 0 aliphatic carbocycles. The SMILES string of the molecule is COc1ccc([N+](=O)[O-])cc1C(=O)N[C@@H](C(=O)O)C(C)C. The van der Waals surface area contributed by atoms with Gasteiger partial charge in [-0.2, -0.15) is 0 Å². The Kier molecular flexibility index (Phi) is 5.23. The maximum Gasteiger partial charge on any atom is 0.326 e. The van der Waals surface area contributed by atoms with Crippen molar-refractivity contribution in [3.63, 3.8) is 0 Å². The first-order chi connectivity index (χ1) is 9.77. The van der Waals surface area contributed by atoms with Crippen molar-refractivity contribution in [1.29, 1.82) is 0 Å². The summed E-state index contributed by atoms with van der Waals surface area (Å²) in [4.78, 5) is 33.3. The summed E-state index contributed by atoms with van der Waals surface area (Å²) in [5, 5.41) is 22.1. The number of carbonyl (C=O) groups excluding carboxylic acids is 1. The molecule has 0 saturated heterocycles. The van der Waals surface area contributed by atoms with Crippen molar-refractivity contribution in [1.82, 2.24) is 5.32 Å². The largest absolute Gasteiger partial charge is 0.496 e. The van der Waals surface area contributed by atoms with Gasteiger partial charge >= 0.3 is 5.97 Å². The number of rotatable bonds is 6. The number of hydrogen-bond acceptors (Lipinski definition) is 5. The third-order valence-electron chi connectivity index (χ3n) is 2.86. The number of nitro benzene ring substituents is 1. The average molecular weight is 296 g/mol. The summed E-state index contributed by atoms with van der Waals surface area (Å²) >= 11 is 0. The van der Waals surface area contributed by atoms with E-state index in [9.17, 15) is 19.7 Å². The first-order valence-electron chi connectivity index (χ1n) is 6.14. The Hall–Kier alpha value is -2.64. The maximum absolute atomic E-state index is 12.1. The lowest BCUT2D eigenvalue weighted by Crippen LogP contribution is -2.44. The van der Waals surface area contributed by atoms with E-state index in [0.29, 0.717) is 0 Å². The van der Waals surface area contributed by atoms with E-state index in [1.165, 1.54) is 19.2 Å². The van der Waals surface area contributed by atoms with Gasteiger partial charge < -0.3 is 15.2 Å². The van der Waals surface area contributed by atoms with Crippen molar-refractivity contribution in [3.8, 4) is 5.75 Å². The van der Waals surface area contributed by atoms with Crippen molar-refractivity contribution in [2.24, 2.45) is 5.92 Å². The summed E-state index contributed by atoms with van der Waals surface area (Å²) in [5.41, 5.74) is -0.365. The summed E-state index contributed by atoms with van der Waals surface area (Å²) in [6, 6.07) is 2.44. The fourth-order valence-electron chi connectivity index (χ4n) is 1.72. The molecule has 21 heavy (non-hydrogen) atoms. The van der Waals surface area contributed by atoms with Crippen LogP contribution in [0.4, 0.5) is 5.69 Å². The van der Waals surface area contributed by atoms with E-state index < -0.39 is 22.8 Å². The molecule has 8 heteroatoms. The van der Waals surface area contributed by atoms with Crippen molar-refractivity contribution >= 4 is 17.6 Å². The second kappa shape index (κ2) is 6.69. The minimum absolute atomic E-state index is 0.0846. The van der Waals surface area contributed by atoms with Gasteiger partial charge in [0.1, 0.15) is 11.8 Å². The Morgan fingerprint density at radius 1 is 1.38 bits per heavy atom. The number of aliphatic carboxylic acids is 1. The number of benzene rings is 1. The number of methoxy groups -OCH3 is 1. The van der Waals surface area contributed by atoms with E-state index >= 15 is 0 Å². The first-order valence-corrected chi connectivity index (χ1v) is 6.14. The van der Waals surface area contributed by atoms with Crippen LogP contribution < -0.4 is 10.1 Å². The van der Waals surface area contributed by atoms with E-state index in [0.717, 1.165) is 6.07 Å². The molecule has 0 fully saturated rings. The quantitative estimate of drug-likeness (QED) is 0.605. The van der Waals surface area contributed by atoms with E-state index in [1.807, 2.05) is 0 Å². The average Bonchev–Trinajstić information content (AvgIpc) is 2.42. The number of nitrogens with one attached hydrogen (secondary N) is 1. The highest BCUT2D eigenvalue weighted by atomic mass is 16.6. The van der Waals surface area contributed by atoms with Crippen LogP contribution in [0.25, 0.3) is 0 Å². The van der Waals surface area contributed by atoms with Crippen molar-refractivity contribution in [2.45, 2.75) is 19.9 Å². The monoisotopic (exact) mass is 296 g/mol. The normalized spacial score (nSPS) is 11.8. The molecule has 114 valence electrons. The van der Waals surface area contributed by atoms with E-state index in [4.69, 9.17) is 9.84 Å². The van der Waals surface area contributed by atoms with Gasteiger partial charge in [-0.15, -0.1) is 0 Å². The van der Waals surface area contributed by atoms with Gasteiger partial charge in [0.2, 0.25) is 0 Å². The number of nitro groups is 1. The molecule has 0 heterocycles. The van der Waals surface area contributed by atoms with Crippen LogP contribution in [0.15, 0.2) is 18.2 Å². The Labute approximate surface area is 120 Å². The highest BCUT2D eigenvalue weighted by Crippen LogP contribution is 2.24. The molecule has 1 atom stereocenters. The van der Waals surface area contributed by atoms with Crippen LogP contribution in [0.5, 0.6) is 5.75 Å². The van der Waals surface area contributed by atoms with Gasteiger partial charge in [-0.05, 0) is 12.0 Å². The van der Waals surface area contributed by atoms with Gasteiger partial charge in [0.05, 0.1) is 17.6 Å². The molecule has 1 aromatic rings. The molecule has 1 rings (SSSR count). The zero-order valence-corrected chi connectivity index (χ0v) is 11.8.